The van der Waals surface area contributed by atoms with Crippen LogP contribution < -0.4 is 5.32 Å². The fraction of sp³-hybridized carbons (Fsp3) is 0.400. The first-order valence-electron chi connectivity index (χ1n) is 6.71. The predicted octanol–water partition coefficient (Wildman–Crippen LogP) is 0.976. The number of aliphatic carboxylic acids is 1. The highest BCUT2D eigenvalue weighted by molar-refractivity contribution is 5.98. The van der Waals surface area contributed by atoms with Gasteiger partial charge in [-0.3, -0.25) is 14.4 Å². The van der Waals surface area contributed by atoms with Gasteiger partial charge in [0.15, 0.2) is 0 Å². The van der Waals surface area contributed by atoms with Crippen LogP contribution in [0.3, 0.4) is 0 Å². The second-order valence-corrected chi connectivity index (χ2v) is 5.44. The Morgan fingerprint density at radius 3 is 2.29 bits per heavy atom. The minimum atomic E-state index is -0.923. The van der Waals surface area contributed by atoms with Crippen LogP contribution in [-0.4, -0.2) is 41.9 Å². The first-order valence-corrected chi connectivity index (χ1v) is 6.71. The molecule has 21 heavy (non-hydrogen) atoms. The van der Waals surface area contributed by atoms with E-state index in [1.807, 2.05) is 0 Å². The number of hydrogen-bond donors (Lipinski definition) is 2. The van der Waals surface area contributed by atoms with Gasteiger partial charge in [0.05, 0.1) is 18.3 Å². The molecule has 6 heteroatoms. The number of likely N-dealkylation sites (N-methyl/N-ethyl adjacent to an activating group) is 1. The maximum absolute atomic E-state index is 11.8. The number of amides is 2. The lowest BCUT2D eigenvalue weighted by Gasteiger charge is -2.10. The molecule has 1 fully saturated rings. The Balaban J connectivity index is 1.90. The van der Waals surface area contributed by atoms with E-state index in [1.54, 1.807) is 38.4 Å². The Kier molecular flexibility index (Phi) is 4.26. The monoisotopic (exact) mass is 290 g/mol. The molecule has 1 saturated carbocycles. The number of nitrogens with zero attached hydrogens (tertiary/aromatic N) is 1. The van der Waals surface area contributed by atoms with E-state index in [9.17, 15) is 14.4 Å². The average molecular weight is 290 g/mol. The summed E-state index contributed by atoms with van der Waals surface area (Å²) in [6.07, 6.45) is 0.710. The molecule has 0 spiro atoms. The van der Waals surface area contributed by atoms with Crippen molar-refractivity contribution in [1.29, 1.82) is 0 Å². The molecule has 2 rings (SSSR count). The maximum Gasteiger partial charge on any atom is 0.307 e. The highest BCUT2D eigenvalue weighted by atomic mass is 16.4. The molecule has 1 aromatic carbocycles. The van der Waals surface area contributed by atoms with E-state index < -0.39 is 17.8 Å². The summed E-state index contributed by atoms with van der Waals surface area (Å²) < 4.78 is 0. The number of anilines is 1. The summed E-state index contributed by atoms with van der Waals surface area (Å²) in [5, 5.41) is 11.5. The van der Waals surface area contributed by atoms with Gasteiger partial charge in [-0.15, -0.1) is 0 Å². The zero-order valence-electron chi connectivity index (χ0n) is 12.0. The lowest BCUT2D eigenvalue weighted by Crippen LogP contribution is -2.23. The Bertz CT molecular complexity index is 566. The van der Waals surface area contributed by atoms with E-state index in [1.165, 1.54) is 4.90 Å². The van der Waals surface area contributed by atoms with Gasteiger partial charge in [0.25, 0.3) is 0 Å². The topological polar surface area (TPSA) is 86.7 Å². The van der Waals surface area contributed by atoms with Crippen molar-refractivity contribution in [3.63, 3.8) is 0 Å². The second kappa shape index (κ2) is 5.95. The number of carbonyl (C=O) groups is 3. The number of carboxylic acid groups (broad SMARTS) is 1. The van der Waals surface area contributed by atoms with Crippen LogP contribution in [0.4, 0.5) is 5.69 Å². The molecule has 6 nitrogen and oxygen atoms in total. The van der Waals surface area contributed by atoms with E-state index in [0.29, 0.717) is 18.5 Å². The summed E-state index contributed by atoms with van der Waals surface area (Å²) in [5.41, 5.74) is 1.47. The standard InChI is InChI=1S/C15H18N2O4/c1-17(2)13(18)7-9-3-5-10(6-4-9)16-14(19)11-8-12(11)15(20)21/h3-6,11-12H,7-8H2,1-2H3,(H,16,19)(H,20,21). The Morgan fingerprint density at radius 1 is 1.19 bits per heavy atom. The van der Waals surface area contributed by atoms with Gasteiger partial charge in [-0.1, -0.05) is 12.1 Å². The van der Waals surface area contributed by atoms with Crippen molar-refractivity contribution in [2.75, 3.05) is 19.4 Å². The molecule has 112 valence electrons. The number of nitrogens with one attached hydrogen (secondary N) is 1. The van der Waals surface area contributed by atoms with Crippen molar-refractivity contribution >= 4 is 23.5 Å². The van der Waals surface area contributed by atoms with E-state index in [-0.39, 0.29) is 11.8 Å². The van der Waals surface area contributed by atoms with Crippen molar-refractivity contribution in [2.45, 2.75) is 12.8 Å². The van der Waals surface area contributed by atoms with Gasteiger partial charge in [0.1, 0.15) is 0 Å². The number of carboxylic acids is 1. The highest BCUT2D eigenvalue weighted by Crippen LogP contribution is 2.39. The van der Waals surface area contributed by atoms with Crippen LogP contribution in [0, 0.1) is 11.8 Å². The third kappa shape index (κ3) is 3.81. The lowest BCUT2D eigenvalue weighted by molar-refractivity contribution is -0.139. The van der Waals surface area contributed by atoms with Crippen LogP contribution in [-0.2, 0) is 20.8 Å². The molecule has 0 radical (unpaired) electrons. The summed E-state index contributed by atoms with van der Waals surface area (Å²) >= 11 is 0. The second-order valence-electron chi connectivity index (χ2n) is 5.44. The largest absolute Gasteiger partial charge is 0.481 e. The van der Waals surface area contributed by atoms with Crippen molar-refractivity contribution in [1.82, 2.24) is 4.90 Å². The fourth-order valence-electron chi connectivity index (χ4n) is 2.03. The predicted molar refractivity (Wildman–Crippen MR) is 76.7 cm³/mol. The molecular weight excluding hydrogens is 272 g/mol. The van der Waals surface area contributed by atoms with Gasteiger partial charge < -0.3 is 15.3 Å². The molecule has 0 aliphatic heterocycles. The Labute approximate surface area is 122 Å². The quantitative estimate of drug-likeness (QED) is 0.846. The van der Waals surface area contributed by atoms with E-state index >= 15 is 0 Å². The number of benzene rings is 1. The van der Waals surface area contributed by atoms with Crippen molar-refractivity contribution < 1.29 is 19.5 Å². The van der Waals surface area contributed by atoms with Gasteiger partial charge in [0.2, 0.25) is 11.8 Å². The zero-order valence-corrected chi connectivity index (χ0v) is 12.0. The first kappa shape index (κ1) is 15.0. The minimum absolute atomic E-state index is 0.00839. The summed E-state index contributed by atoms with van der Waals surface area (Å²) in [6.45, 7) is 0. The van der Waals surface area contributed by atoms with Crippen LogP contribution in [0.5, 0.6) is 0 Å². The number of carbonyl (C=O) groups excluding carboxylic acids is 2. The van der Waals surface area contributed by atoms with E-state index in [4.69, 9.17) is 5.11 Å². The van der Waals surface area contributed by atoms with Gasteiger partial charge in [0, 0.05) is 19.8 Å². The van der Waals surface area contributed by atoms with Crippen LogP contribution in [0.15, 0.2) is 24.3 Å². The lowest BCUT2D eigenvalue weighted by atomic mass is 10.1. The van der Waals surface area contributed by atoms with Gasteiger partial charge >= 0.3 is 5.97 Å². The van der Waals surface area contributed by atoms with Gasteiger partial charge in [-0.25, -0.2) is 0 Å². The molecular formula is C15H18N2O4. The molecule has 0 saturated heterocycles. The van der Waals surface area contributed by atoms with E-state index in [2.05, 4.69) is 5.32 Å². The van der Waals surface area contributed by atoms with Gasteiger partial charge in [-0.2, -0.15) is 0 Å². The number of rotatable bonds is 5. The van der Waals surface area contributed by atoms with Crippen LogP contribution >= 0.6 is 0 Å². The molecule has 2 amide bonds. The van der Waals surface area contributed by atoms with Crippen molar-refractivity contribution in [2.24, 2.45) is 11.8 Å². The molecule has 2 N–H and O–H groups in total. The summed E-state index contributed by atoms with van der Waals surface area (Å²) in [7, 11) is 3.40. The van der Waals surface area contributed by atoms with Crippen molar-refractivity contribution in [3.05, 3.63) is 29.8 Å². The maximum atomic E-state index is 11.8. The minimum Gasteiger partial charge on any atom is -0.481 e. The van der Waals surface area contributed by atoms with Crippen molar-refractivity contribution in [3.8, 4) is 0 Å². The van der Waals surface area contributed by atoms with Crippen LogP contribution in [0.25, 0.3) is 0 Å². The van der Waals surface area contributed by atoms with Gasteiger partial charge in [-0.05, 0) is 24.1 Å². The molecule has 1 aliphatic rings. The summed E-state index contributed by atoms with van der Waals surface area (Å²) in [4.78, 5) is 35.6. The molecule has 0 bridgehead atoms. The molecule has 0 aromatic heterocycles. The molecule has 1 aromatic rings. The SMILES string of the molecule is CN(C)C(=O)Cc1ccc(NC(=O)C2CC2C(=O)O)cc1. The van der Waals surface area contributed by atoms with Crippen LogP contribution in [0.1, 0.15) is 12.0 Å². The molecule has 2 atom stereocenters. The Morgan fingerprint density at radius 2 is 1.81 bits per heavy atom. The smallest absolute Gasteiger partial charge is 0.307 e. The third-order valence-electron chi connectivity index (χ3n) is 3.52. The fourth-order valence-corrected chi connectivity index (χ4v) is 2.03. The summed E-state index contributed by atoms with van der Waals surface area (Å²) in [5.74, 6) is -2.17. The summed E-state index contributed by atoms with van der Waals surface area (Å²) in [6, 6.07) is 6.99. The third-order valence-corrected chi connectivity index (χ3v) is 3.52. The first-order chi connectivity index (χ1) is 9.88. The molecule has 2 unspecified atom stereocenters. The number of hydrogen-bond acceptors (Lipinski definition) is 3. The highest BCUT2D eigenvalue weighted by Gasteiger charge is 2.48. The molecule has 0 heterocycles. The Hall–Kier alpha value is -2.37. The average Bonchev–Trinajstić information content (AvgIpc) is 3.21. The van der Waals surface area contributed by atoms with Crippen LogP contribution in [0.2, 0.25) is 0 Å². The molecule has 1 aliphatic carbocycles. The van der Waals surface area contributed by atoms with E-state index in [0.717, 1.165) is 5.56 Å². The zero-order chi connectivity index (χ0) is 15.6. The normalized spacial score (nSPS) is 19.7.